The number of methoxy groups -OCH3 is 1. The second-order valence-corrected chi connectivity index (χ2v) is 3.26. The highest BCUT2D eigenvalue weighted by Gasteiger charge is 2.16. The van der Waals surface area contributed by atoms with Crippen LogP contribution in [0, 0.1) is 5.82 Å². The van der Waals surface area contributed by atoms with Crippen LogP contribution in [0.3, 0.4) is 0 Å². The van der Waals surface area contributed by atoms with Gasteiger partial charge < -0.3 is 10.1 Å². The van der Waals surface area contributed by atoms with Crippen molar-refractivity contribution in [1.29, 1.82) is 0 Å². The summed E-state index contributed by atoms with van der Waals surface area (Å²) in [6, 6.07) is 6.58. The van der Waals surface area contributed by atoms with Crippen LogP contribution in [-0.4, -0.2) is 20.3 Å². The van der Waals surface area contributed by atoms with E-state index in [-0.39, 0.29) is 18.0 Å². The first-order valence-electron chi connectivity index (χ1n) is 4.64. The van der Waals surface area contributed by atoms with Crippen LogP contribution < -0.4 is 5.32 Å². The molecule has 1 aromatic carbocycles. The highest BCUT2D eigenvalue weighted by atomic mass is 19.1. The average Bonchev–Trinajstić information content (AvgIpc) is 2.19. The minimum absolute atomic E-state index is 0.0156. The summed E-state index contributed by atoms with van der Waals surface area (Å²) >= 11 is 0. The highest BCUT2D eigenvalue weighted by Crippen LogP contribution is 2.18. The van der Waals surface area contributed by atoms with Gasteiger partial charge >= 0.3 is 0 Å². The van der Waals surface area contributed by atoms with Crippen LogP contribution in [0.1, 0.15) is 18.5 Å². The van der Waals surface area contributed by atoms with Gasteiger partial charge in [0.05, 0.1) is 12.1 Å². The minimum Gasteiger partial charge on any atom is -0.380 e. The topological polar surface area (TPSA) is 21.3 Å². The predicted molar refractivity (Wildman–Crippen MR) is 54.7 cm³/mol. The Labute approximate surface area is 84.1 Å². The van der Waals surface area contributed by atoms with E-state index < -0.39 is 0 Å². The number of nitrogens with one attached hydrogen (secondary N) is 1. The molecule has 0 aliphatic heterocycles. The van der Waals surface area contributed by atoms with Crippen LogP contribution in [0.25, 0.3) is 0 Å². The molecular formula is C11H16FNO. The third-order valence-electron chi connectivity index (χ3n) is 2.36. The standard InChI is InChI=1S/C11H16FNO/c1-8(14-3)11(13-2)9-5-4-6-10(12)7-9/h4-8,11,13H,1-3H3. The fourth-order valence-corrected chi connectivity index (χ4v) is 1.51. The quantitative estimate of drug-likeness (QED) is 0.798. The summed E-state index contributed by atoms with van der Waals surface area (Å²) in [5, 5.41) is 3.10. The Hall–Kier alpha value is -0.930. The van der Waals surface area contributed by atoms with Crippen molar-refractivity contribution in [3.63, 3.8) is 0 Å². The number of ether oxygens (including phenoxy) is 1. The van der Waals surface area contributed by atoms with Crippen molar-refractivity contribution in [3.05, 3.63) is 35.6 Å². The van der Waals surface area contributed by atoms with Gasteiger partial charge in [-0.3, -0.25) is 0 Å². The van der Waals surface area contributed by atoms with Crippen LogP contribution >= 0.6 is 0 Å². The molecule has 0 fully saturated rings. The van der Waals surface area contributed by atoms with E-state index in [9.17, 15) is 4.39 Å². The number of benzene rings is 1. The molecule has 3 heteroatoms. The van der Waals surface area contributed by atoms with Crippen molar-refractivity contribution in [2.24, 2.45) is 0 Å². The molecular weight excluding hydrogens is 181 g/mol. The molecule has 0 aliphatic rings. The van der Waals surface area contributed by atoms with Crippen molar-refractivity contribution >= 4 is 0 Å². The maximum absolute atomic E-state index is 13.0. The van der Waals surface area contributed by atoms with E-state index in [1.165, 1.54) is 12.1 Å². The first kappa shape index (κ1) is 11.1. The monoisotopic (exact) mass is 197 g/mol. The van der Waals surface area contributed by atoms with Crippen LogP contribution in [0.5, 0.6) is 0 Å². The zero-order chi connectivity index (χ0) is 10.6. The zero-order valence-electron chi connectivity index (χ0n) is 8.75. The van der Waals surface area contributed by atoms with Gasteiger partial charge in [-0.15, -0.1) is 0 Å². The lowest BCUT2D eigenvalue weighted by molar-refractivity contribution is 0.0856. The molecule has 0 amide bonds. The molecule has 0 saturated heterocycles. The summed E-state index contributed by atoms with van der Waals surface area (Å²) in [6.45, 7) is 1.95. The summed E-state index contributed by atoms with van der Waals surface area (Å²) in [4.78, 5) is 0. The van der Waals surface area contributed by atoms with E-state index in [0.717, 1.165) is 5.56 Å². The van der Waals surface area contributed by atoms with E-state index in [4.69, 9.17) is 4.74 Å². The van der Waals surface area contributed by atoms with Crippen LogP contribution in [0.15, 0.2) is 24.3 Å². The van der Waals surface area contributed by atoms with Gasteiger partial charge in [0.25, 0.3) is 0 Å². The van der Waals surface area contributed by atoms with Crippen molar-refractivity contribution in [2.45, 2.75) is 19.1 Å². The molecule has 2 unspecified atom stereocenters. The first-order chi connectivity index (χ1) is 6.69. The maximum atomic E-state index is 13.0. The summed E-state index contributed by atoms with van der Waals surface area (Å²) < 4.78 is 18.2. The molecule has 0 aromatic heterocycles. The Balaban J connectivity index is 2.89. The fourth-order valence-electron chi connectivity index (χ4n) is 1.51. The van der Waals surface area contributed by atoms with Crippen molar-refractivity contribution in [3.8, 4) is 0 Å². The Bertz CT molecular complexity index is 290. The van der Waals surface area contributed by atoms with Gasteiger partial charge in [0.1, 0.15) is 5.82 Å². The molecule has 14 heavy (non-hydrogen) atoms. The Morgan fingerprint density at radius 3 is 2.64 bits per heavy atom. The van der Waals surface area contributed by atoms with Gasteiger partial charge in [-0.05, 0) is 31.7 Å². The number of hydrogen-bond donors (Lipinski definition) is 1. The lowest BCUT2D eigenvalue weighted by Crippen LogP contribution is -2.28. The molecule has 0 radical (unpaired) electrons. The van der Waals surface area contributed by atoms with Crippen LogP contribution in [-0.2, 0) is 4.74 Å². The Kier molecular flexibility index (Phi) is 4.04. The highest BCUT2D eigenvalue weighted by molar-refractivity contribution is 5.21. The number of rotatable bonds is 4. The summed E-state index contributed by atoms with van der Waals surface area (Å²) in [5.74, 6) is -0.217. The first-order valence-corrected chi connectivity index (χ1v) is 4.64. The number of hydrogen-bond acceptors (Lipinski definition) is 2. The van der Waals surface area contributed by atoms with Gasteiger partial charge in [-0.2, -0.15) is 0 Å². The Morgan fingerprint density at radius 1 is 1.43 bits per heavy atom. The van der Waals surface area contributed by atoms with E-state index in [0.29, 0.717) is 0 Å². The summed E-state index contributed by atoms with van der Waals surface area (Å²) in [5.41, 5.74) is 0.904. The largest absolute Gasteiger partial charge is 0.380 e. The average molecular weight is 197 g/mol. The molecule has 2 nitrogen and oxygen atoms in total. The Morgan fingerprint density at radius 2 is 2.14 bits per heavy atom. The predicted octanol–water partition coefficient (Wildman–Crippen LogP) is 2.12. The lowest BCUT2D eigenvalue weighted by atomic mass is 10.0. The fraction of sp³-hybridized carbons (Fsp3) is 0.455. The zero-order valence-corrected chi connectivity index (χ0v) is 8.75. The van der Waals surface area contributed by atoms with Crippen molar-refractivity contribution < 1.29 is 9.13 Å². The number of halogens is 1. The van der Waals surface area contributed by atoms with Crippen molar-refractivity contribution in [1.82, 2.24) is 5.32 Å². The third kappa shape index (κ3) is 2.53. The molecule has 2 atom stereocenters. The molecule has 0 heterocycles. The molecule has 1 N–H and O–H groups in total. The minimum atomic E-state index is -0.217. The normalized spacial score (nSPS) is 15.1. The summed E-state index contributed by atoms with van der Waals surface area (Å²) in [6.07, 6.45) is 0.0156. The van der Waals surface area contributed by atoms with Crippen LogP contribution in [0.4, 0.5) is 4.39 Å². The maximum Gasteiger partial charge on any atom is 0.123 e. The third-order valence-corrected chi connectivity index (χ3v) is 2.36. The lowest BCUT2D eigenvalue weighted by Gasteiger charge is -2.22. The molecule has 0 spiro atoms. The molecule has 0 saturated carbocycles. The van der Waals surface area contributed by atoms with Gasteiger partial charge in [-0.25, -0.2) is 4.39 Å². The second kappa shape index (κ2) is 5.08. The molecule has 78 valence electrons. The molecule has 0 aliphatic carbocycles. The smallest absolute Gasteiger partial charge is 0.123 e. The van der Waals surface area contributed by atoms with E-state index >= 15 is 0 Å². The SMILES string of the molecule is CNC(c1cccc(F)c1)C(C)OC. The molecule has 0 bridgehead atoms. The van der Waals surface area contributed by atoms with Gasteiger partial charge in [0.2, 0.25) is 0 Å². The van der Waals surface area contributed by atoms with E-state index in [1.807, 2.05) is 20.0 Å². The molecule has 1 aromatic rings. The van der Waals surface area contributed by atoms with Gasteiger partial charge in [-0.1, -0.05) is 12.1 Å². The van der Waals surface area contributed by atoms with E-state index in [1.54, 1.807) is 13.2 Å². The summed E-state index contributed by atoms with van der Waals surface area (Å²) in [7, 11) is 3.49. The second-order valence-electron chi connectivity index (χ2n) is 3.26. The van der Waals surface area contributed by atoms with Crippen LogP contribution in [0.2, 0.25) is 0 Å². The molecule has 1 rings (SSSR count). The van der Waals surface area contributed by atoms with E-state index in [2.05, 4.69) is 5.32 Å². The van der Waals surface area contributed by atoms with Crippen molar-refractivity contribution in [2.75, 3.05) is 14.2 Å². The van der Waals surface area contributed by atoms with Gasteiger partial charge in [0.15, 0.2) is 0 Å². The number of likely N-dealkylation sites (N-methyl/N-ethyl adjacent to an activating group) is 1. The van der Waals surface area contributed by atoms with Gasteiger partial charge in [0, 0.05) is 7.11 Å².